The van der Waals surface area contributed by atoms with Crippen molar-refractivity contribution in [3.63, 3.8) is 0 Å². The Kier molecular flexibility index (Phi) is 4.77. The molecule has 100 valence electrons. The number of ketones is 1. The lowest BCUT2D eigenvalue weighted by Crippen LogP contribution is -2.00. The number of carbonyl (C=O) groups is 1. The second-order valence-electron chi connectivity index (χ2n) is 4.27. The van der Waals surface area contributed by atoms with Crippen molar-refractivity contribution in [3.8, 4) is 5.75 Å². The van der Waals surface area contributed by atoms with Crippen LogP contribution in [0.5, 0.6) is 5.75 Å². The molecule has 0 aliphatic heterocycles. The molecular formula is C15H15BrO2S. The molecule has 0 bridgehead atoms. The first-order valence-corrected chi connectivity index (χ1v) is 7.76. The van der Waals surface area contributed by atoms with Gasteiger partial charge < -0.3 is 4.74 Å². The summed E-state index contributed by atoms with van der Waals surface area (Å²) in [6.07, 6.45) is 0.954. The molecular weight excluding hydrogens is 324 g/mol. The topological polar surface area (TPSA) is 26.3 Å². The van der Waals surface area contributed by atoms with Crippen LogP contribution in [0.15, 0.2) is 34.1 Å². The first kappa shape index (κ1) is 14.3. The fourth-order valence-electron chi connectivity index (χ4n) is 1.66. The van der Waals surface area contributed by atoms with Gasteiger partial charge in [0.1, 0.15) is 5.75 Å². The number of halogens is 1. The molecule has 0 aliphatic carbocycles. The number of rotatable bonds is 5. The summed E-state index contributed by atoms with van der Waals surface area (Å²) in [4.78, 5) is 13.1. The first-order valence-electron chi connectivity index (χ1n) is 6.15. The second kappa shape index (κ2) is 6.35. The molecule has 0 radical (unpaired) electrons. The summed E-state index contributed by atoms with van der Waals surface area (Å²) in [5.41, 5.74) is 1.76. The van der Waals surface area contributed by atoms with E-state index < -0.39 is 0 Å². The van der Waals surface area contributed by atoms with Gasteiger partial charge in [-0.2, -0.15) is 0 Å². The third kappa shape index (κ3) is 3.45. The Bertz CT molecular complexity index is 570. The standard InChI is InChI=1S/C15H15BrO2S/c1-3-7-18-12-6-4-5-11(9-12)14(17)13-8-10(2)15(16)19-13/h4-6,8-9H,3,7H2,1-2H3. The Morgan fingerprint density at radius 3 is 2.79 bits per heavy atom. The zero-order chi connectivity index (χ0) is 13.8. The van der Waals surface area contributed by atoms with Crippen LogP contribution in [0.1, 0.15) is 34.1 Å². The molecule has 0 N–H and O–H groups in total. The van der Waals surface area contributed by atoms with Crippen molar-refractivity contribution in [2.24, 2.45) is 0 Å². The molecule has 0 fully saturated rings. The van der Waals surface area contributed by atoms with Crippen molar-refractivity contribution >= 4 is 33.0 Å². The van der Waals surface area contributed by atoms with Crippen LogP contribution in [0.3, 0.4) is 0 Å². The minimum atomic E-state index is 0.0424. The van der Waals surface area contributed by atoms with Crippen molar-refractivity contribution in [2.75, 3.05) is 6.61 Å². The highest BCUT2D eigenvalue weighted by molar-refractivity contribution is 9.11. The van der Waals surface area contributed by atoms with Gasteiger partial charge in [0.05, 0.1) is 15.3 Å². The summed E-state index contributed by atoms with van der Waals surface area (Å²) in [5, 5.41) is 0. The predicted molar refractivity (Wildman–Crippen MR) is 82.4 cm³/mol. The van der Waals surface area contributed by atoms with Crippen LogP contribution in [-0.4, -0.2) is 12.4 Å². The maximum absolute atomic E-state index is 12.4. The zero-order valence-electron chi connectivity index (χ0n) is 10.9. The third-order valence-electron chi connectivity index (χ3n) is 2.65. The molecule has 1 aromatic carbocycles. The minimum absolute atomic E-state index is 0.0424. The molecule has 4 heteroatoms. The second-order valence-corrected chi connectivity index (χ2v) is 6.64. The molecule has 0 spiro atoms. The Morgan fingerprint density at radius 1 is 1.37 bits per heavy atom. The Hall–Kier alpha value is -1.13. The minimum Gasteiger partial charge on any atom is -0.494 e. The molecule has 0 atom stereocenters. The van der Waals surface area contributed by atoms with Crippen molar-refractivity contribution < 1.29 is 9.53 Å². The number of ether oxygens (including phenoxy) is 1. The smallest absolute Gasteiger partial charge is 0.203 e. The molecule has 2 rings (SSSR count). The number of hydrogen-bond donors (Lipinski definition) is 0. The van der Waals surface area contributed by atoms with Gasteiger partial charge in [0.25, 0.3) is 0 Å². The average molecular weight is 339 g/mol. The van der Waals surface area contributed by atoms with E-state index in [4.69, 9.17) is 4.74 Å². The monoisotopic (exact) mass is 338 g/mol. The molecule has 0 saturated carbocycles. The summed E-state index contributed by atoms with van der Waals surface area (Å²) in [6, 6.07) is 9.28. The molecule has 0 amide bonds. The maximum Gasteiger partial charge on any atom is 0.203 e. The van der Waals surface area contributed by atoms with Crippen LogP contribution in [-0.2, 0) is 0 Å². The molecule has 1 heterocycles. The van der Waals surface area contributed by atoms with Crippen LogP contribution in [0, 0.1) is 6.92 Å². The lowest BCUT2D eigenvalue weighted by atomic mass is 10.1. The molecule has 0 saturated heterocycles. The largest absolute Gasteiger partial charge is 0.494 e. The molecule has 19 heavy (non-hydrogen) atoms. The Morgan fingerprint density at radius 2 is 2.16 bits per heavy atom. The van der Waals surface area contributed by atoms with Crippen LogP contribution in [0.2, 0.25) is 0 Å². The zero-order valence-corrected chi connectivity index (χ0v) is 13.3. The molecule has 1 aromatic heterocycles. The number of carbonyl (C=O) groups excluding carboxylic acids is 1. The quantitative estimate of drug-likeness (QED) is 0.729. The van der Waals surface area contributed by atoms with Crippen LogP contribution in [0.25, 0.3) is 0 Å². The molecule has 0 unspecified atom stereocenters. The highest BCUT2D eigenvalue weighted by atomic mass is 79.9. The van der Waals surface area contributed by atoms with E-state index in [1.807, 2.05) is 31.2 Å². The number of thiophene rings is 1. The van der Waals surface area contributed by atoms with Gasteiger partial charge in [-0.25, -0.2) is 0 Å². The van der Waals surface area contributed by atoms with Crippen LogP contribution >= 0.6 is 27.3 Å². The SMILES string of the molecule is CCCOc1cccc(C(=O)c2cc(C)c(Br)s2)c1. The summed E-state index contributed by atoms with van der Waals surface area (Å²) < 4.78 is 6.56. The molecule has 2 aromatic rings. The summed E-state index contributed by atoms with van der Waals surface area (Å²) in [5.74, 6) is 0.792. The third-order valence-corrected chi connectivity index (χ3v) is 4.79. The number of benzene rings is 1. The van der Waals surface area contributed by atoms with Crippen LogP contribution < -0.4 is 4.74 Å². The van der Waals surface area contributed by atoms with E-state index in [2.05, 4.69) is 22.9 Å². The van der Waals surface area contributed by atoms with E-state index in [0.29, 0.717) is 12.2 Å². The van der Waals surface area contributed by atoms with E-state index in [-0.39, 0.29) is 5.78 Å². The van der Waals surface area contributed by atoms with Crippen LogP contribution in [0.4, 0.5) is 0 Å². The molecule has 0 aliphatic rings. The van der Waals surface area contributed by atoms with E-state index in [9.17, 15) is 4.79 Å². The summed E-state index contributed by atoms with van der Waals surface area (Å²) >= 11 is 4.91. The number of hydrogen-bond acceptors (Lipinski definition) is 3. The van der Waals surface area contributed by atoms with Gasteiger partial charge in [-0.1, -0.05) is 19.1 Å². The van der Waals surface area contributed by atoms with Crippen molar-refractivity contribution in [1.82, 2.24) is 0 Å². The molecule has 2 nitrogen and oxygen atoms in total. The Balaban J connectivity index is 2.23. The first-order chi connectivity index (χ1) is 9.11. The lowest BCUT2D eigenvalue weighted by molar-refractivity contribution is 0.104. The summed E-state index contributed by atoms with van der Waals surface area (Å²) in [6.45, 7) is 4.71. The van der Waals surface area contributed by atoms with Gasteiger partial charge in [-0.05, 0) is 53.0 Å². The van der Waals surface area contributed by atoms with Gasteiger partial charge in [-0.15, -0.1) is 11.3 Å². The normalized spacial score (nSPS) is 10.5. The van der Waals surface area contributed by atoms with Gasteiger partial charge in [0, 0.05) is 5.56 Å². The van der Waals surface area contributed by atoms with E-state index in [0.717, 1.165) is 26.4 Å². The fourth-order valence-corrected chi connectivity index (χ4v) is 3.16. The van der Waals surface area contributed by atoms with Crippen molar-refractivity contribution in [3.05, 3.63) is 50.1 Å². The average Bonchev–Trinajstić information content (AvgIpc) is 2.76. The van der Waals surface area contributed by atoms with Gasteiger partial charge in [0.15, 0.2) is 0 Å². The van der Waals surface area contributed by atoms with Crippen molar-refractivity contribution in [2.45, 2.75) is 20.3 Å². The van der Waals surface area contributed by atoms with Gasteiger partial charge >= 0.3 is 0 Å². The Labute approximate surface area is 125 Å². The van der Waals surface area contributed by atoms with E-state index in [1.165, 1.54) is 11.3 Å². The van der Waals surface area contributed by atoms with Gasteiger partial charge in [-0.3, -0.25) is 4.79 Å². The van der Waals surface area contributed by atoms with Gasteiger partial charge in [0.2, 0.25) is 5.78 Å². The summed E-state index contributed by atoms with van der Waals surface area (Å²) in [7, 11) is 0. The highest BCUT2D eigenvalue weighted by Crippen LogP contribution is 2.29. The lowest BCUT2D eigenvalue weighted by Gasteiger charge is -2.05. The maximum atomic E-state index is 12.4. The van der Waals surface area contributed by atoms with E-state index >= 15 is 0 Å². The van der Waals surface area contributed by atoms with E-state index in [1.54, 1.807) is 6.07 Å². The van der Waals surface area contributed by atoms with Crippen molar-refractivity contribution in [1.29, 1.82) is 0 Å². The number of aryl methyl sites for hydroxylation is 1. The highest BCUT2D eigenvalue weighted by Gasteiger charge is 2.14. The fraction of sp³-hybridized carbons (Fsp3) is 0.267. The predicted octanol–water partition coefficient (Wildman–Crippen LogP) is 4.84.